The van der Waals surface area contributed by atoms with Gasteiger partial charge in [0, 0.05) is 28.7 Å². The van der Waals surface area contributed by atoms with E-state index in [1.807, 2.05) is 25.3 Å². The smallest absolute Gasteiger partial charge is 0.319 e. The minimum absolute atomic E-state index is 0.0315. The summed E-state index contributed by atoms with van der Waals surface area (Å²) in [6, 6.07) is 18.0. The third kappa shape index (κ3) is 5.01. The number of imidazole rings is 1. The average molecular weight is 445 g/mol. The Morgan fingerprint density at radius 2 is 1.55 bits per heavy atom. The van der Waals surface area contributed by atoms with Gasteiger partial charge in [-0.25, -0.2) is 14.2 Å². The van der Waals surface area contributed by atoms with Gasteiger partial charge in [-0.3, -0.25) is 9.36 Å². The molecule has 7 nitrogen and oxygen atoms in total. The van der Waals surface area contributed by atoms with Crippen molar-refractivity contribution in [1.29, 1.82) is 0 Å². The summed E-state index contributed by atoms with van der Waals surface area (Å²) in [5.41, 5.74) is 3.93. The fourth-order valence-corrected chi connectivity index (χ4v) is 3.52. The van der Waals surface area contributed by atoms with Gasteiger partial charge in [-0.05, 0) is 87.5 Å². The Hall–Kier alpha value is -4.20. The molecule has 1 heterocycles. The summed E-state index contributed by atoms with van der Waals surface area (Å²) >= 11 is 0. The molecule has 0 aliphatic rings. The zero-order valence-electron chi connectivity index (χ0n) is 18.5. The summed E-state index contributed by atoms with van der Waals surface area (Å²) < 4.78 is 15.2. The van der Waals surface area contributed by atoms with Crippen LogP contribution in [0.5, 0.6) is 0 Å². The maximum atomic E-state index is 13.4. The first-order chi connectivity index (χ1) is 15.8. The van der Waals surface area contributed by atoms with Crippen molar-refractivity contribution in [3.8, 4) is 5.69 Å². The number of nitrogens with zero attached hydrogens (tertiary/aromatic N) is 2. The van der Waals surface area contributed by atoms with E-state index in [0.717, 1.165) is 22.5 Å². The largest absolute Gasteiger partial charge is 0.336 e. The number of carbonyl (C=O) groups excluding carboxylic acids is 2. The third-order valence-electron chi connectivity index (χ3n) is 4.99. The zero-order chi connectivity index (χ0) is 23.5. The number of rotatable bonds is 5. The van der Waals surface area contributed by atoms with Crippen LogP contribution in [0.2, 0.25) is 0 Å². The Morgan fingerprint density at radius 1 is 0.909 bits per heavy atom. The molecule has 3 aromatic carbocycles. The number of fused-ring (bicyclic) bond motifs is 1. The Morgan fingerprint density at radius 3 is 2.18 bits per heavy atom. The second-order valence-corrected chi connectivity index (χ2v) is 7.96. The minimum atomic E-state index is -0.317. The lowest BCUT2D eigenvalue weighted by Crippen LogP contribution is -2.34. The first-order valence-corrected chi connectivity index (χ1v) is 10.5. The summed E-state index contributed by atoms with van der Waals surface area (Å²) in [4.78, 5) is 29.2. The van der Waals surface area contributed by atoms with Crippen LogP contribution in [-0.4, -0.2) is 27.5 Å². The quantitative estimate of drug-likeness (QED) is 0.392. The molecular formula is C25H24FN5O2. The monoisotopic (exact) mass is 445 g/mol. The van der Waals surface area contributed by atoms with E-state index in [2.05, 4.69) is 20.9 Å². The van der Waals surface area contributed by atoms with Crippen LogP contribution >= 0.6 is 0 Å². The van der Waals surface area contributed by atoms with Crippen LogP contribution in [0.15, 0.2) is 66.7 Å². The topological polar surface area (TPSA) is 88.1 Å². The van der Waals surface area contributed by atoms with Gasteiger partial charge < -0.3 is 16.0 Å². The SMILES string of the molecule is Cc1nc2ccc(C(=O)Nc3ccc(NC(=O)NC(C)C)cc3)cc2n1-c1ccc(F)cc1. The number of hydrogen-bond acceptors (Lipinski definition) is 3. The van der Waals surface area contributed by atoms with Crippen LogP contribution in [0.1, 0.15) is 30.0 Å². The van der Waals surface area contributed by atoms with E-state index in [0.29, 0.717) is 16.9 Å². The van der Waals surface area contributed by atoms with Crippen molar-refractivity contribution >= 4 is 34.3 Å². The normalized spacial score (nSPS) is 10.9. The lowest BCUT2D eigenvalue weighted by atomic mass is 10.1. The number of carbonyl (C=O) groups is 2. The molecule has 8 heteroatoms. The van der Waals surface area contributed by atoms with Crippen LogP contribution in [0.4, 0.5) is 20.6 Å². The highest BCUT2D eigenvalue weighted by Crippen LogP contribution is 2.23. The molecule has 0 bridgehead atoms. The number of hydrogen-bond donors (Lipinski definition) is 3. The third-order valence-corrected chi connectivity index (χ3v) is 4.99. The van der Waals surface area contributed by atoms with E-state index in [1.165, 1.54) is 12.1 Å². The lowest BCUT2D eigenvalue weighted by Gasteiger charge is -2.11. The predicted octanol–water partition coefficient (Wildman–Crippen LogP) is 5.26. The number of aromatic nitrogens is 2. The maximum Gasteiger partial charge on any atom is 0.319 e. The molecule has 4 aromatic rings. The average Bonchev–Trinajstić information content (AvgIpc) is 3.10. The Kier molecular flexibility index (Phi) is 6.08. The maximum absolute atomic E-state index is 13.4. The van der Waals surface area contributed by atoms with Crippen LogP contribution < -0.4 is 16.0 Å². The van der Waals surface area contributed by atoms with Gasteiger partial charge in [0.1, 0.15) is 11.6 Å². The van der Waals surface area contributed by atoms with Crippen molar-refractivity contribution in [2.75, 3.05) is 10.6 Å². The van der Waals surface area contributed by atoms with Gasteiger partial charge in [0.2, 0.25) is 0 Å². The molecule has 0 saturated carbocycles. The molecule has 3 N–H and O–H groups in total. The van der Waals surface area contributed by atoms with E-state index in [4.69, 9.17) is 0 Å². The van der Waals surface area contributed by atoms with Crippen molar-refractivity contribution in [3.63, 3.8) is 0 Å². The van der Waals surface area contributed by atoms with Gasteiger partial charge >= 0.3 is 6.03 Å². The molecule has 4 rings (SSSR count). The number of nitrogens with one attached hydrogen (secondary N) is 3. The molecule has 3 amide bonds. The van der Waals surface area contributed by atoms with Gasteiger partial charge in [-0.2, -0.15) is 0 Å². The highest BCUT2D eigenvalue weighted by molar-refractivity contribution is 6.06. The van der Waals surface area contributed by atoms with Crippen molar-refractivity contribution in [2.45, 2.75) is 26.8 Å². The van der Waals surface area contributed by atoms with Crippen LogP contribution in [0.3, 0.4) is 0 Å². The summed E-state index contributed by atoms with van der Waals surface area (Å²) in [5.74, 6) is 0.140. The Labute approximate surface area is 190 Å². The second kappa shape index (κ2) is 9.12. The fraction of sp³-hybridized carbons (Fsp3) is 0.160. The van der Waals surface area contributed by atoms with Crippen LogP contribution in [-0.2, 0) is 0 Å². The highest BCUT2D eigenvalue weighted by Gasteiger charge is 2.14. The van der Waals surface area contributed by atoms with Gasteiger partial charge in [0.05, 0.1) is 11.0 Å². The van der Waals surface area contributed by atoms with Crippen molar-refractivity contribution in [1.82, 2.24) is 14.9 Å². The predicted molar refractivity (Wildman–Crippen MR) is 127 cm³/mol. The number of halogens is 1. The number of urea groups is 1. The molecule has 168 valence electrons. The van der Waals surface area contributed by atoms with Crippen molar-refractivity contribution < 1.29 is 14.0 Å². The van der Waals surface area contributed by atoms with E-state index >= 15 is 0 Å². The number of anilines is 2. The molecule has 0 radical (unpaired) electrons. The molecule has 0 aliphatic carbocycles. The van der Waals surface area contributed by atoms with E-state index in [-0.39, 0.29) is 23.8 Å². The first-order valence-electron chi connectivity index (χ1n) is 10.5. The Balaban J connectivity index is 1.53. The van der Waals surface area contributed by atoms with E-state index in [1.54, 1.807) is 54.6 Å². The van der Waals surface area contributed by atoms with Crippen molar-refractivity contribution in [3.05, 3.63) is 83.9 Å². The van der Waals surface area contributed by atoms with E-state index < -0.39 is 0 Å². The minimum Gasteiger partial charge on any atom is -0.336 e. The number of amides is 3. The first kappa shape index (κ1) is 22.0. The second-order valence-electron chi connectivity index (χ2n) is 7.96. The van der Waals surface area contributed by atoms with Crippen molar-refractivity contribution in [2.24, 2.45) is 0 Å². The molecule has 0 spiro atoms. The number of benzene rings is 3. The van der Waals surface area contributed by atoms with Gasteiger partial charge in [-0.1, -0.05) is 0 Å². The number of aryl methyl sites for hydroxylation is 1. The molecular weight excluding hydrogens is 421 g/mol. The van der Waals surface area contributed by atoms with Gasteiger partial charge in [0.15, 0.2) is 0 Å². The van der Waals surface area contributed by atoms with Crippen LogP contribution in [0, 0.1) is 12.7 Å². The highest BCUT2D eigenvalue weighted by atomic mass is 19.1. The van der Waals surface area contributed by atoms with Gasteiger partial charge in [-0.15, -0.1) is 0 Å². The zero-order valence-corrected chi connectivity index (χ0v) is 18.5. The standard InChI is InChI=1S/C25H24FN5O2/c1-15(2)27-25(33)30-20-9-7-19(8-10-20)29-24(32)17-4-13-22-23(14-17)31(16(3)28-22)21-11-5-18(26)6-12-21/h4-15H,1-3H3,(H,29,32)(H2,27,30,33). The molecule has 0 aliphatic heterocycles. The van der Waals surface area contributed by atoms with Gasteiger partial charge in [0.25, 0.3) is 5.91 Å². The molecule has 33 heavy (non-hydrogen) atoms. The molecule has 0 unspecified atom stereocenters. The lowest BCUT2D eigenvalue weighted by molar-refractivity contribution is 0.102. The Bertz CT molecular complexity index is 1310. The van der Waals surface area contributed by atoms with E-state index in [9.17, 15) is 14.0 Å². The van der Waals surface area contributed by atoms with Crippen LogP contribution in [0.25, 0.3) is 16.7 Å². The molecule has 1 aromatic heterocycles. The summed E-state index contributed by atoms with van der Waals surface area (Å²) in [7, 11) is 0. The summed E-state index contributed by atoms with van der Waals surface area (Å²) in [6.45, 7) is 5.62. The molecule has 0 saturated heterocycles. The summed E-state index contributed by atoms with van der Waals surface area (Å²) in [5, 5.41) is 8.35. The summed E-state index contributed by atoms with van der Waals surface area (Å²) in [6.07, 6.45) is 0. The molecule has 0 fully saturated rings. The fourth-order valence-electron chi connectivity index (χ4n) is 3.52. The molecule has 0 atom stereocenters.